The molecule has 0 aliphatic carbocycles. The van der Waals surface area contributed by atoms with Gasteiger partial charge in [0.25, 0.3) is 5.56 Å². The molecule has 25 heavy (non-hydrogen) atoms. The van der Waals surface area contributed by atoms with Gasteiger partial charge < -0.3 is 0 Å². The van der Waals surface area contributed by atoms with Gasteiger partial charge in [0, 0.05) is 12.6 Å². The maximum Gasteiger partial charge on any atom is 0.266 e. The lowest BCUT2D eigenvalue weighted by Crippen LogP contribution is -2.32. The highest BCUT2D eigenvalue weighted by molar-refractivity contribution is 7.89. The Hall–Kier alpha value is -2.29. The van der Waals surface area contributed by atoms with Gasteiger partial charge in [-0.15, -0.1) is 11.3 Å². The van der Waals surface area contributed by atoms with E-state index in [2.05, 4.69) is 9.82 Å². The van der Waals surface area contributed by atoms with Crippen LogP contribution in [0.3, 0.4) is 0 Å². The Morgan fingerprint density at radius 3 is 2.72 bits per heavy atom. The van der Waals surface area contributed by atoms with Gasteiger partial charge in [-0.2, -0.15) is 5.10 Å². The molecular weight excluding hydrogens is 358 g/mol. The van der Waals surface area contributed by atoms with Crippen molar-refractivity contribution in [3.05, 3.63) is 69.8 Å². The highest BCUT2D eigenvalue weighted by Gasteiger charge is 2.13. The van der Waals surface area contributed by atoms with E-state index < -0.39 is 10.0 Å². The maximum atomic E-state index is 12.3. The summed E-state index contributed by atoms with van der Waals surface area (Å²) in [6, 6.07) is 13.6. The van der Waals surface area contributed by atoms with Crippen LogP contribution in [0.25, 0.3) is 10.6 Å². The predicted octanol–water partition coefficient (Wildman–Crippen LogP) is 2.26. The number of aryl methyl sites for hydroxylation is 1. The Kier molecular flexibility index (Phi) is 5.12. The van der Waals surface area contributed by atoms with Crippen molar-refractivity contribution in [2.45, 2.75) is 18.4 Å². The van der Waals surface area contributed by atoms with E-state index in [0.717, 1.165) is 10.4 Å². The van der Waals surface area contributed by atoms with Crippen molar-refractivity contribution in [1.29, 1.82) is 0 Å². The fourth-order valence-corrected chi connectivity index (χ4v) is 4.13. The number of benzene rings is 1. The summed E-state index contributed by atoms with van der Waals surface area (Å²) >= 11 is 1.53. The summed E-state index contributed by atoms with van der Waals surface area (Å²) in [5.41, 5.74) is 1.29. The van der Waals surface area contributed by atoms with Crippen molar-refractivity contribution in [3.8, 4) is 10.6 Å². The van der Waals surface area contributed by atoms with Crippen molar-refractivity contribution in [2.75, 3.05) is 6.54 Å². The van der Waals surface area contributed by atoms with Crippen LogP contribution in [-0.4, -0.2) is 24.7 Å². The molecule has 130 valence electrons. The number of hydrogen-bond donors (Lipinski definition) is 1. The molecule has 8 heteroatoms. The summed E-state index contributed by atoms with van der Waals surface area (Å²) in [6.07, 6.45) is 0. The van der Waals surface area contributed by atoms with Crippen LogP contribution in [0.15, 0.2) is 63.6 Å². The SMILES string of the molecule is Cc1cccc(S(=O)(=O)NCCn2nc(-c3cccs3)ccc2=O)c1. The van der Waals surface area contributed by atoms with Crippen LogP contribution < -0.4 is 10.3 Å². The second-order valence-corrected chi connectivity index (χ2v) is 8.19. The molecule has 0 atom stereocenters. The first kappa shape index (κ1) is 17.5. The minimum Gasteiger partial charge on any atom is -0.268 e. The number of thiophene rings is 1. The molecule has 0 bridgehead atoms. The molecule has 0 amide bonds. The second-order valence-electron chi connectivity index (χ2n) is 5.47. The van der Waals surface area contributed by atoms with Crippen molar-refractivity contribution in [3.63, 3.8) is 0 Å². The molecule has 1 N–H and O–H groups in total. The van der Waals surface area contributed by atoms with Crippen LogP contribution in [0.5, 0.6) is 0 Å². The predicted molar refractivity (Wildman–Crippen MR) is 98.2 cm³/mol. The Labute approximate surface area is 149 Å². The standard InChI is InChI=1S/C17H17N3O3S2/c1-13-4-2-5-14(12-13)25(22,23)18-9-10-20-17(21)8-7-15(19-20)16-6-3-11-24-16/h2-8,11-12,18H,9-10H2,1H3. The number of aromatic nitrogens is 2. The molecule has 2 aromatic heterocycles. The molecule has 0 fully saturated rings. The van der Waals surface area contributed by atoms with Crippen molar-refractivity contribution < 1.29 is 8.42 Å². The van der Waals surface area contributed by atoms with Crippen molar-refractivity contribution in [2.24, 2.45) is 0 Å². The Morgan fingerprint density at radius 1 is 1.16 bits per heavy atom. The molecule has 0 spiro atoms. The third-order valence-electron chi connectivity index (χ3n) is 3.56. The molecule has 0 aliphatic rings. The zero-order valence-corrected chi connectivity index (χ0v) is 15.2. The van der Waals surface area contributed by atoms with E-state index in [1.54, 1.807) is 18.2 Å². The van der Waals surface area contributed by atoms with Gasteiger partial charge in [-0.25, -0.2) is 17.8 Å². The van der Waals surface area contributed by atoms with E-state index in [0.29, 0.717) is 5.69 Å². The summed E-state index contributed by atoms with van der Waals surface area (Å²) in [4.78, 5) is 13.1. The molecular formula is C17H17N3O3S2. The molecule has 0 radical (unpaired) electrons. The topological polar surface area (TPSA) is 81.1 Å². The third kappa shape index (κ3) is 4.22. The lowest BCUT2D eigenvalue weighted by Gasteiger charge is -2.09. The first-order valence-electron chi connectivity index (χ1n) is 7.64. The number of rotatable bonds is 6. The van der Waals surface area contributed by atoms with Crippen molar-refractivity contribution in [1.82, 2.24) is 14.5 Å². The van der Waals surface area contributed by atoms with Gasteiger partial charge >= 0.3 is 0 Å². The first-order chi connectivity index (χ1) is 12.0. The largest absolute Gasteiger partial charge is 0.268 e. The average Bonchev–Trinajstić information content (AvgIpc) is 3.11. The normalized spacial score (nSPS) is 11.6. The summed E-state index contributed by atoms with van der Waals surface area (Å²) in [6.45, 7) is 2.07. The Morgan fingerprint density at radius 2 is 2.00 bits per heavy atom. The van der Waals surface area contributed by atoms with Crippen LogP contribution in [0.2, 0.25) is 0 Å². The van der Waals surface area contributed by atoms with Gasteiger partial charge in [-0.3, -0.25) is 4.79 Å². The Bertz CT molecular complexity index is 1030. The number of sulfonamides is 1. The molecule has 3 aromatic rings. The minimum absolute atomic E-state index is 0.0804. The van der Waals surface area contributed by atoms with Gasteiger partial charge in [-0.05, 0) is 42.1 Å². The number of hydrogen-bond acceptors (Lipinski definition) is 5. The van der Waals surface area contributed by atoms with E-state index in [4.69, 9.17) is 0 Å². The first-order valence-corrected chi connectivity index (χ1v) is 10.0. The van der Waals surface area contributed by atoms with Gasteiger partial charge in [0.15, 0.2) is 0 Å². The highest BCUT2D eigenvalue weighted by Crippen LogP contribution is 2.21. The minimum atomic E-state index is -3.61. The third-order valence-corrected chi connectivity index (χ3v) is 5.91. The van der Waals surface area contributed by atoms with Crippen LogP contribution in [0.1, 0.15) is 5.56 Å². The van der Waals surface area contributed by atoms with E-state index in [9.17, 15) is 13.2 Å². The van der Waals surface area contributed by atoms with Crippen molar-refractivity contribution >= 4 is 21.4 Å². The van der Waals surface area contributed by atoms with Crippen LogP contribution in [0, 0.1) is 6.92 Å². The van der Waals surface area contributed by atoms with Gasteiger partial charge in [0.2, 0.25) is 10.0 Å². The summed E-state index contributed by atoms with van der Waals surface area (Å²) in [7, 11) is -3.61. The smallest absolute Gasteiger partial charge is 0.266 e. The zero-order valence-electron chi connectivity index (χ0n) is 13.5. The summed E-state index contributed by atoms with van der Waals surface area (Å²) in [5.74, 6) is 0. The summed E-state index contributed by atoms with van der Waals surface area (Å²) in [5, 5.41) is 6.23. The van der Waals surface area contributed by atoms with E-state index in [1.165, 1.54) is 28.2 Å². The molecule has 2 heterocycles. The Balaban J connectivity index is 1.72. The average molecular weight is 375 g/mol. The van der Waals surface area contributed by atoms with Crippen LogP contribution >= 0.6 is 11.3 Å². The van der Waals surface area contributed by atoms with Crippen LogP contribution in [0.4, 0.5) is 0 Å². The zero-order chi connectivity index (χ0) is 17.9. The fraction of sp³-hybridized carbons (Fsp3) is 0.176. The van der Waals surface area contributed by atoms with Gasteiger partial charge in [0.1, 0.15) is 5.69 Å². The van der Waals surface area contributed by atoms with Crippen LogP contribution in [-0.2, 0) is 16.6 Å². The summed E-state index contributed by atoms with van der Waals surface area (Å²) < 4.78 is 28.4. The van der Waals surface area contributed by atoms with E-state index in [1.807, 2.05) is 30.5 Å². The maximum absolute atomic E-state index is 12.3. The molecule has 0 saturated heterocycles. The number of nitrogens with zero attached hydrogens (tertiary/aromatic N) is 2. The number of nitrogens with one attached hydrogen (secondary N) is 1. The second kappa shape index (κ2) is 7.30. The molecule has 0 saturated carbocycles. The fourth-order valence-electron chi connectivity index (χ4n) is 2.32. The molecule has 6 nitrogen and oxygen atoms in total. The van der Waals surface area contributed by atoms with E-state index >= 15 is 0 Å². The highest BCUT2D eigenvalue weighted by atomic mass is 32.2. The van der Waals surface area contributed by atoms with Gasteiger partial charge in [-0.1, -0.05) is 18.2 Å². The molecule has 3 rings (SSSR count). The quantitative estimate of drug-likeness (QED) is 0.717. The van der Waals surface area contributed by atoms with Gasteiger partial charge in [0.05, 0.1) is 16.3 Å². The van der Waals surface area contributed by atoms with E-state index in [-0.39, 0.29) is 23.5 Å². The lowest BCUT2D eigenvalue weighted by molar-refractivity contribution is 0.549. The molecule has 0 unspecified atom stereocenters. The molecule has 0 aliphatic heterocycles. The monoisotopic (exact) mass is 375 g/mol. The lowest BCUT2D eigenvalue weighted by atomic mass is 10.2. The molecule has 1 aromatic carbocycles.